The SMILES string of the molecule is CC[C@H](C)c1cc(=O)c2c(COC(=O)c3ccccc3)cc3c(c2o1)C(=O)c1c(OC)cccc1C3=O. The molecule has 0 saturated heterocycles. The Morgan fingerprint density at radius 3 is 2.38 bits per heavy atom. The van der Waals surface area contributed by atoms with Crippen LogP contribution in [0.15, 0.2) is 69.9 Å². The first-order valence-electron chi connectivity index (χ1n) is 12.0. The fourth-order valence-corrected chi connectivity index (χ4v) is 4.59. The smallest absolute Gasteiger partial charge is 0.338 e. The summed E-state index contributed by atoms with van der Waals surface area (Å²) in [6.07, 6.45) is 0.703. The summed E-state index contributed by atoms with van der Waals surface area (Å²) >= 11 is 0. The van der Waals surface area contributed by atoms with Crippen molar-refractivity contribution in [3.63, 3.8) is 0 Å². The summed E-state index contributed by atoms with van der Waals surface area (Å²) in [5.41, 5.74) is 0.702. The van der Waals surface area contributed by atoms with E-state index in [1.165, 1.54) is 19.2 Å². The molecule has 186 valence electrons. The van der Waals surface area contributed by atoms with Crippen LogP contribution in [0.1, 0.15) is 79.7 Å². The van der Waals surface area contributed by atoms with E-state index in [2.05, 4.69) is 0 Å². The highest BCUT2D eigenvalue weighted by molar-refractivity contribution is 6.32. The second kappa shape index (κ2) is 9.50. The van der Waals surface area contributed by atoms with Gasteiger partial charge >= 0.3 is 5.97 Å². The Labute approximate surface area is 212 Å². The van der Waals surface area contributed by atoms with Gasteiger partial charge in [-0.1, -0.05) is 44.2 Å². The molecule has 1 aromatic heterocycles. The number of methoxy groups -OCH3 is 1. The number of carbonyl (C=O) groups is 3. The van der Waals surface area contributed by atoms with Gasteiger partial charge < -0.3 is 13.9 Å². The van der Waals surface area contributed by atoms with Crippen molar-refractivity contribution in [1.29, 1.82) is 0 Å². The monoisotopic (exact) mass is 496 g/mol. The summed E-state index contributed by atoms with van der Waals surface area (Å²) in [7, 11) is 1.42. The summed E-state index contributed by atoms with van der Waals surface area (Å²) in [5.74, 6) is -0.877. The Morgan fingerprint density at radius 2 is 1.68 bits per heavy atom. The van der Waals surface area contributed by atoms with Gasteiger partial charge in [0.25, 0.3) is 0 Å². The van der Waals surface area contributed by atoms with Crippen LogP contribution in [0.2, 0.25) is 0 Å². The Balaban J connectivity index is 1.73. The highest BCUT2D eigenvalue weighted by atomic mass is 16.5. The second-order valence-electron chi connectivity index (χ2n) is 8.97. The van der Waals surface area contributed by atoms with Crippen LogP contribution in [-0.4, -0.2) is 24.6 Å². The Bertz CT molecular complexity index is 1630. The largest absolute Gasteiger partial charge is 0.496 e. The van der Waals surface area contributed by atoms with E-state index in [0.717, 1.165) is 0 Å². The predicted molar refractivity (Wildman–Crippen MR) is 137 cm³/mol. The maximum absolute atomic E-state index is 13.8. The van der Waals surface area contributed by atoms with Crippen molar-refractivity contribution in [2.24, 2.45) is 0 Å². The van der Waals surface area contributed by atoms with E-state index in [4.69, 9.17) is 13.9 Å². The molecule has 0 bridgehead atoms. The van der Waals surface area contributed by atoms with E-state index in [1.54, 1.807) is 48.5 Å². The molecular formula is C30H24O7. The number of fused-ring (bicyclic) bond motifs is 4. The number of hydrogen-bond acceptors (Lipinski definition) is 7. The molecule has 0 saturated carbocycles. The zero-order valence-corrected chi connectivity index (χ0v) is 20.6. The quantitative estimate of drug-likeness (QED) is 0.288. The third-order valence-electron chi connectivity index (χ3n) is 6.76. The number of rotatable bonds is 6. The molecule has 0 spiro atoms. The zero-order valence-electron chi connectivity index (χ0n) is 20.6. The van der Waals surface area contributed by atoms with Crippen molar-refractivity contribution in [2.45, 2.75) is 32.8 Å². The molecule has 37 heavy (non-hydrogen) atoms. The lowest BCUT2D eigenvalue weighted by Crippen LogP contribution is -2.24. The lowest BCUT2D eigenvalue weighted by Gasteiger charge is -2.22. The van der Waals surface area contributed by atoms with Gasteiger partial charge in [-0.25, -0.2) is 4.79 Å². The molecule has 0 unspecified atom stereocenters. The number of ether oxygens (including phenoxy) is 2. The minimum Gasteiger partial charge on any atom is -0.496 e. The molecule has 1 atom stereocenters. The van der Waals surface area contributed by atoms with Gasteiger partial charge in [0.2, 0.25) is 5.78 Å². The lowest BCUT2D eigenvalue weighted by atomic mass is 9.81. The van der Waals surface area contributed by atoms with Crippen molar-refractivity contribution < 1.29 is 28.3 Å². The van der Waals surface area contributed by atoms with E-state index >= 15 is 0 Å². The van der Waals surface area contributed by atoms with Crippen LogP contribution in [0.25, 0.3) is 11.0 Å². The van der Waals surface area contributed by atoms with Gasteiger partial charge in [-0.2, -0.15) is 0 Å². The molecule has 7 heteroatoms. The van der Waals surface area contributed by atoms with Crippen LogP contribution in [0.4, 0.5) is 0 Å². The first kappa shape index (κ1) is 24.2. The fraction of sp³-hybridized carbons (Fsp3) is 0.200. The standard InChI is InChI=1S/C30H24O7/c1-4-16(2)23-14-21(31)24-18(15-36-30(34)17-9-6-5-7-10-17)13-20-26(29(24)37-23)28(33)25-19(27(20)32)11-8-12-22(25)35-3/h5-14,16H,4,15H2,1-3H3/t16-/m0/s1. The molecule has 0 fully saturated rings. The van der Waals surface area contributed by atoms with E-state index in [-0.39, 0.29) is 62.5 Å². The highest BCUT2D eigenvalue weighted by Gasteiger charge is 2.36. The molecule has 0 N–H and O–H groups in total. The van der Waals surface area contributed by atoms with E-state index in [1.807, 2.05) is 13.8 Å². The van der Waals surface area contributed by atoms with Gasteiger partial charge in [0.15, 0.2) is 11.2 Å². The summed E-state index contributed by atoms with van der Waals surface area (Å²) in [5, 5.41) is 0.103. The molecule has 3 aromatic carbocycles. The molecule has 1 heterocycles. The van der Waals surface area contributed by atoms with E-state index in [0.29, 0.717) is 17.7 Å². The van der Waals surface area contributed by atoms with Crippen LogP contribution in [-0.2, 0) is 11.3 Å². The Morgan fingerprint density at radius 1 is 0.919 bits per heavy atom. The van der Waals surface area contributed by atoms with Crippen LogP contribution in [0.3, 0.4) is 0 Å². The zero-order chi connectivity index (χ0) is 26.3. The Hall–Kier alpha value is -4.52. The van der Waals surface area contributed by atoms with E-state index in [9.17, 15) is 19.2 Å². The number of benzene rings is 3. The minimum absolute atomic E-state index is 0.0115. The highest BCUT2D eigenvalue weighted by Crippen LogP contribution is 2.38. The number of carbonyl (C=O) groups excluding carboxylic acids is 3. The molecular weight excluding hydrogens is 472 g/mol. The first-order valence-corrected chi connectivity index (χ1v) is 12.0. The van der Waals surface area contributed by atoms with Crippen molar-refractivity contribution >= 4 is 28.5 Å². The van der Waals surface area contributed by atoms with Crippen molar-refractivity contribution in [1.82, 2.24) is 0 Å². The maximum Gasteiger partial charge on any atom is 0.338 e. The van der Waals surface area contributed by atoms with Gasteiger partial charge in [0.1, 0.15) is 23.7 Å². The topological polar surface area (TPSA) is 99.9 Å². The van der Waals surface area contributed by atoms with Crippen LogP contribution in [0.5, 0.6) is 5.75 Å². The molecule has 0 aliphatic heterocycles. The van der Waals surface area contributed by atoms with Crippen molar-refractivity contribution in [3.8, 4) is 5.75 Å². The third kappa shape index (κ3) is 4.02. The van der Waals surface area contributed by atoms with Crippen LogP contribution >= 0.6 is 0 Å². The van der Waals surface area contributed by atoms with Gasteiger partial charge in [0, 0.05) is 28.7 Å². The molecule has 1 aliphatic rings. The number of hydrogen-bond donors (Lipinski definition) is 0. The minimum atomic E-state index is -0.579. The molecule has 0 amide bonds. The summed E-state index contributed by atoms with van der Waals surface area (Å²) in [4.78, 5) is 53.4. The molecule has 5 rings (SSSR count). The van der Waals surface area contributed by atoms with Crippen molar-refractivity contribution in [3.05, 3.63) is 110 Å². The van der Waals surface area contributed by atoms with Crippen LogP contribution in [0, 0.1) is 0 Å². The molecule has 0 radical (unpaired) electrons. The average molecular weight is 497 g/mol. The second-order valence-corrected chi connectivity index (χ2v) is 8.97. The average Bonchev–Trinajstić information content (AvgIpc) is 2.93. The summed E-state index contributed by atoms with van der Waals surface area (Å²) in [6, 6.07) is 16.1. The van der Waals surface area contributed by atoms with Gasteiger partial charge in [-0.3, -0.25) is 14.4 Å². The molecule has 1 aliphatic carbocycles. The van der Waals surface area contributed by atoms with Crippen LogP contribution < -0.4 is 10.2 Å². The summed E-state index contributed by atoms with van der Waals surface area (Å²) in [6.45, 7) is 3.59. The van der Waals surface area contributed by atoms with Gasteiger partial charge in [-0.05, 0) is 30.7 Å². The first-order chi connectivity index (χ1) is 17.8. The van der Waals surface area contributed by atoms with Gasteiger partial charge in [-0.15, -0.1) is 0 Å². The fourth-order valence-electron chi connectivity index (χ4n) is 4.59. The lowest BCUT2D eigenvalue weighted by molar-refractivity contribution is 0.0474. The number of ketones is 2. The Kier molecular flexibility index (Phi) is 6.21. The predicted octanol–water partition coefficient (Wildman–Crippen LogP) is 5.45. The number of esters is 1. The normalized spacial score (nSPS) is 13.2. The maximum atomic E-state index is 13.8. The van der Waals surface area contributed by atoms with E-state index < -0.39 is 17.5 Å². The summed E-state index contributed by atoms with van der Waals surface area (Å²) < 4.78 is 17.0. The molecule has 7 nitrogen and oxygen atoms in total. The van der Waals surface area contributed by atoms with Crippen molar-refractivity contribution in [2.75, 3.05) is 7.11 Å². The molecule has 4 aromatic rings. The third-order valence-corrected chi connectivity index (χ3v) is 6.76. The van der Waals surface area contributed by atoms with Gasteiger partial charge in [0.05, 0.1) is 29.2 Å².